The lowest BCUT2D eigenvalue weighted by Gasteiger charge is -2.50. The molecular weight excluding hydrogens is 250 g/mol. The number of aliphatic hydroxyl groups excluding tert-OH is 1. The number of carbonyl (C=O) groups excluding carboxylic acids is 1. The predicted molar refractivity (Wildman–Crippen MR) is 77.0 cm³/mol. The van der Waals surface area contributed by atoms with Crippen LogP contribution in [0, 0.1) is 29.6 Å². The average Bonchev–Trinajstić information content (AvgIpc) is 3.10. The van der Waals surface area contributed by atoms with Crippen LogP contribution in [0.25, 0.3) is 0 Å². The largest absolute Gasteiger partial charge is 0.396 e. The molecule has 5 aliphatic rings. The summed E-state index contributed by atoms with van der Waals surface area (Å²) < 4.78 is 0. The molecule has 3 saturated carbocycles. The topological polar surface area (TPSA) is 40.5 Å². The number of aliphatic hydroxyl groups is 1. The van der Waals surface area contributed by atoms with E-state index in [1.165, 1.54) is 32.1 Å². The summed E-state index contributed by atoms with van der Waals surface area (Å²) in [6.45, 7) is 1.24. The van der Waals surface area contributed by atoms with E-state index < -0.39 is 0 Å². The quantitative estimate of drug-likeness (QED) is 0.860. The highest BCUT2D eigenvalue weighted by Crippen LogP contribution is 2.50. The Morgan fingerprint density at radius 3 is 2.45 bits per heavy atom. The standard InChI is InChI=1S/C17H27NO2/c19-10-15-7-12-2-4-16(15)18(9-12)17(20)8-14-6-11-1-3-13(14)5-11/h11-16,19H,1-10H2. The molecule has 2 saturated heterocycles. The highest BCUT2D eigenvalue weighted by Gasteiger charge is 2.45. The van der Waals surface area contributed by atoms with Crippen molar-refractivity contribution >= 4 is 5.91 Å². The number of rotatable bonds is 3. The van der Waals surface area contributed by atoms with Gasteiger partial charge in [0, 0.05) is 31.5 Å². The molecule has 1 N–H and O–H groups in total. The molecule has 3 heteroatoms. The highest BCUT2D eigenvalue weighted by molar-refractivity contribution is 5.77. The number of hydrogen-bond donors (Lipinski definition) is 1. The summed E-state index contributed by atoms with van der Waals surface area (Å²) >= 11 is 0. The lowest BCUT2D eigenvalue weighted by atomic mass is 9.72. The van der Waals surface area contributed by atoms with Gasteiger partial charge in [-0.1, -0.05) is 6.42 Å². The molecule has 6 unspecified atom stereocenters. The number of fused-ring (bicyclic) bond motifs is 5. The number of hydrogen-bond acceptors (Lipinski definition) is 2. The summed E-state index contributed by atoms with van der Waals surface area (Å²) in [5.41, 5.74) is 0. The third-order valence-electron chi connectivity index (χ3n) is 6.78. The van der Waals surface area contributed by atoms with Gasteiger partial charge in [-0.25, -0.2) is 0 Å². The maximum absolute atomic E-state index is 12.7. The van der Waals surface area contributed by atoms with Crippen LogP contribution in [0.5, 0.6) is 0 Å². The van der Waals surface area contributed by atoms with Crippen LogP contribution in [0.2, 0.25) is 0 Å². The summed E-state index contributed by atoms with van der Waals surface area (Å²) in [5, 5.41) is 9.54. The summed E-state index contributed by atoms with van der Waals surface area (Å²) in [4.78, 5) is 14.9. The molecule has 0 aromatic heterocycles. The number of nitrogens with zero attached hydrogens (tertiary/aromatic N) is 1. The average molecular weight is 277 g/mol. The summed E-state index contributed by atoms with van der Waals surface area (Å²) in [7, 11) is 0. The number of amides is 1. The van der Waals surface area contributed by atoms with Crippen LogP contribution < -0.4 is 0 Å². The van der Waals surface area contributed by atoms with Crippen LogP contribution >= 0.6 is 0 Å². The molecule has 112 valence electrons. The van der Waals surface area contributed by atoms with Gasteiger partial charge in [0.15, 0.2) is 0 Å². The molecule has 2 aliphatic heterocycles. The minimum absolute atomic E-state index is 0.263. The minimum atomic E-state index is 0.263. The van der Waals surface area contributed by atoms with E-state index in [-0.39, 0.29) is 6.61 Å². The van der Waals surface area contributed by atoms with Gasteiger partial charge in [-0.15, -0.1) is 0 Å². The zero-order valence-corrected chi connectivity index (χ0v) is 12.3. The Morgan fingerprint density at radius 2 is 1.80 bits per heavy atom. The van der Waals surface area contributed by atoms with Gasteiger partial charge >= 0.3 is 0 Å². The Kier molecular flexibility index (Phi) is 3.29. The molecule has 0 aromatic rings. The van der Waals surface area contributed by atoms with Gasteiger partial charge in [-0.05, 0) is 62.2 Å². The first kappa shape index (κ1) is 13.1. The first-order valence-electron chi connectivity index (χ1n) is 8.65. The van der Waals surface area contributed by atoms with E-state index in [0.29, 0.717) is 29.7 Å². The molecule has 20 heavy (non-hydrogen) atoms. The van der Waals surface area contributed by atoms with Gasteiger partial charge < -0.3 is 10.0 Å². The molecule has 4 bridgehead atoms. The Balaban J connectivity index is 1.41. The molecule has 6 atom stereocenters. The van der Waals surface area contributed by atoms with Crippen molar-refractivity contribution in [3.63, 3.8) is 0 Å². The van der Waals surface area contributed by atoms with E-state index in [0.717, 1.165) is 37.6 Å². The van der Waals surface area contributed by atoms with E-state index in [1.807, 2.05) is 0 Å². The monoisotopic (exact) mass is 277 g/mol. The lowest BCUT2D eigenvalue weighted by molar-refractivity contribution is -0.144. The van der Waals surface area contributed by atoms with Crippen molar-refractivity contribution in [2.45, 2.75) is 57.4 Å². The summed E-state index contributed by atoms with van der Waals surface area (Å²) in [6, 6.07) is 0.344. The zero-order valence-electron chi connectivity index (χ0n) is 12.3. The Bertz CT molecular complexity index is 396. The predicted octanol–water partition coefficient (Wildman–Crippen LogP) is 2.43. The second kappa shape index (κ2) is 5.01. The molecule has 5 fully saturated rings. The normalized spacial score (nSPS) is 46.1. The van der Waals surface area contributed by atoms with Crippen molar-refractivity contribution in [1.29, 1.82) is 0 Å². The van der Waals surface area contributed by atoms with Crippen molar-refractivity contribution in [2.24, 2.45) is 29.6 Å². The van der Waals surface area contributed by atoms with Crippen LogP contribution in [-0.2, 0) is 4.79 Å². The lowest BCUT2D eigenvalue weighted by Crippen LogP contribution is -2.56. The fraction of sp³-hybridized carbons (Fsp3) is 0.941. The SMILES string of the molecule is O=C(CC1CC2CCC1C2)N1CC2CCC1C(CO)C2. The van der Waals surface area contributed by atoms with Gasteiger partial charge in [-0.3, -0.25) is 4.79 Å². The molecule has 0 aromatic carbocycles. The molecular formula is C17H27NO2. The molecule has 3 aliphatic carbocycles. The second-order valence-corrected chi connectivity index (χ2v) is 7.87. The van der Waals surface area contributed by atoms with Crippen molar-refractivity contribution in [2.75, 3.05) is 13.2 Å². The molecule has 0 spiro atoms. The maximum Gasteiger partial charge on any atom is 0.223 e. The van der Waals surface area contributed by atoms with E-state index in [9.17, 15) is 9.90 Å². The molecule has 1 amide bonds. The molecule has 0 radical (unpaired) electrons. The number of carbonyl (C=O) groups is 1. The van der Waals surface area contributed by atoms with Gasteiger partial charge in [-0.2, -0.15) is 0 Å². The van der Waals surface area contributed by atoms with Gasteiger partial charge in [0.05, 0.1) is 0 Å². The molecule has 2 heterocycles. The first-order valence-corrected chi connectivity index (χ1v) is 8.65. The Hall–Kier alpha value is -0.570. The highest BCUT2D eigenvalue weighted by atomic mass is 16.3. The van der Waals surface area contributed by atoms with E-state index in [2.05, 4.69) is 4.90 Å². The molecule has 3 nitrogen and oxygen atoms in total. The van der Waals surface area contributed by atoms with E-state index >= 15 is 0 Å². The van der Waals surface area contributed by atoms with Gasteiger partial charge in [0.2, 0.25) is 5.91 Å². The van der Waals surface area contributed by atoms with Crippen LogP contribution in [0.3, 0.4) is 0 Å². The third-order valence-corrected chi connectivity index (χ3v) is 6.78. The van der Waals surface area contributed by atoms with Crippen LogP contribution in [-0.4, -0.2) is 35.1 Å². The van der Waals surface area contributed by atoms with Crippen molar-refractivity contribution in [3.8, 4) is 0 Å². The summed E-state index contributed by atoms with van der Waals surface area (Å²) in [5.74, 6) is 3.86. The number of piperidine rings is 2. The van der Waals surface area contributed by atoms with Crippen molar-refractivity contribution in [3.05, 3.63) is 0 Å². The second-order valence-electron chi connectivity index (χ2n) is 7.87. The Labute approximate surface area is 121 Å². The first-order chi connectivity index (χ1) is 9.74. The van der Waals surface area contributed by atoms with Crippen molar-refractivity contribution < 1.29 is 9.90 Å². The van der Waals surface area contributed by atoms with E-state index in [4.69, 9.17) is 0 Å². The zero-order chi connectivity index (χ0) is 13.7. The van der Waals surface area contributed by atoms with Gasteiger partial charge in [0.1, 0.15) is 0 Å². The van der Waals surface area contributed by atoms with Crippen LogP contribution in [0.1, 0.15) is 51.4 Å². The fourth-order valence-corrected chi connectivity index (χ4v) is 5.79. The minimum Gasteiger partial charge on any atom is -0.396 e. The fourth-order valence-electron chi connectivity index (χ4n) is 5.79. The smallest absolute Gasteiger partial charge is 0.223 e. The van der Waals surface area contributed by atoms with Crippen LogP contribution in [0.4, 0.5) is 0 Å². The maximum atomic E-state index is 12.7. The van der Waals surface area contributed by atoms with E-state index in [1.54, 1.807) is 0 Å². The van der Waals surface area contributed by atoms with Crippen molar-refractivity contribution in [1.82, 2.24) is 4.90 Å². The van der Waals surface area contributed by atoms with Crippen LogP contribution in [0.15, 0.2) is 0 Å². The molecule has 5 rings (SSSR count). The third kappa shape index (κ3) is 2.09. The Morgan fingerprint density at radius 1 is 1.00 bits per heavy atom. The van der Waals surface area contributed by atoms with Gasteiger partial charge in [0.25, 0.3) is 0 Å². The summed E-state index contributed by atoms with van der Waals surface area (Å²) in [6.07, 6.45) is 9.80.